The predicted octanol–water partition coefficient (Wildman–Crippen LogP) is 2.97. The van der Waals surface area contributed by atoms with Crippen LogP contribution in [0.2, 0.25) is 0 Å². The van der Waals surface area contributed by atoms with Crippen LogP contribution < -0.4 is 4.31 Å². The molecule has 2 aromatic carbocycles. The van der Waals surface area contributed by atoms with Gasteiger partial charge < -0.3 is 5.11 Å². The summed E-state index contributed by atoms with van der Waals surface area (Å²) in [5, 5.41) is 9.00. The maximum absolute atomic E-state index is 12.6. The number of rotatable bonds is 4. The van der Waals surface area contributed by atoms with Crippen molar-refractivity contribution >= 4 is 37.6 Å². The van der Waals surface area contributed by atoms with Crippen LogP contribution in [0.1, 0.15) is 10.4 Å². The van der Waals surface area contributed by atoms with E-state index in [0.29, 0.717) is 10.2 Å². The van der Waals surface area contributed by atoms with E-state index in [2.05, 4.69) is 15.9 Å². The Kier molecular flexibility index (Phi) is 4.34. The summed E-state index contributed by atoms with van der Waals surface area (Å²) in [4.78, 5) is 10.9. The summed E-state index contributed by atoms with van der Waals surface area (Å²) in [6.07, 6.45) is 0. The van der Waals surface area contributed by atoms with Gasteiger partial charge in [0.2, 0.25) is 0 Å². The molecule has 0 amide bonds. The van der Waals surface area contributed by atoms with E-state index in [1.807, 2.05) is 0 Å². The second kappa shape index (κ2) is 5.87. The average Bonchev–Trinajstić information content (AvgIpc) is 2.47. The Balaban J connectivity index is 2.54. The van der Waals surface area contributed by atoms with E-state index in [4.69, 9.17) is 5.11 Å². The summed E-state index contributed by atoms with van der Waals surface area (Å²) in [6.45, 7) is 0. The monoisotopic (exact) mass is 369 g/mol. The van der Waals surface area contributed by atoms with E-state index in [9.17, 15) is 13.2 Å². The third kappa shape index (κ3) is 3.08. The summed E-state index contributed by atoms with van der Waals surface area (Å²) in [6, 6.07) is 12.4. The first-order chi connectivity index (χ1) is 9.84. The van der Waals surface area contributed by atoms with Crippen LogP contribution >= 0.6 is 15.9 Å². The molecule has 21 heavy (non-hydrogen) atoms. The Morgan fingerprint density at radius 3 is 2.33 bits per heavy atom. The number of aromatic carboxylic acids is 1. The molecule has 0 bridgehead atoms. The van der Waals surface area contributed by atoms with Crippen LogP contribution in [0.4, 0.5) is 5.69 Å². The second-order valence-electron chi connectivity index (χ2n) is 4.26. The second-order valence-corrected chi connectivity index (χ2v) is 7.05. The Labute approximate surface area is 131 Å². The highest BCUT2D eigenvalue weighted by Crippen LogP contribution is 2.28. The molecule has 0 fully saturated rings. The molecule has 0 saturated heterocycles. The molecule has 0 radical (unpaired) electrons. The first-order valence-corrected chi connectivity index (χ1v) is 8.14. The Morgan fingerprint density at radius 2 is 1.76 bits per heavy atom. The van der Waals surface area contributed by atoms with Crippen LogP contribution in [0, 0.1) is 0 Å². The van der Waals surface area contributed by atoms with Crippen LogP contribution in [0.5, 0.6) is 0 Å². The summed E-state index contributed by atoms with van der Waals surface area (Å²) in [5.41, 5.74) is 0.406. The Morgan fingerprint density at radius 1 is 1.14 bits per heavy atom. The number of carboxylic acids is 1. The zero-order valence-electron chi connectivity index (χ0n) is 11.0. The highest BCUT2D eigenvalue weighted by Gasteiger charge is 2.25. The van der Waals surface area contributed by atoms with E-state index in [0.717, 1.165) is 10.4 Å². The third-order valence-corrected chi connectivity index (χ3v) is 5.72. The van der Waals surface area contributed by atoms with Crippen LogP contribution in [0.15, 0.2) is 57.9 Å². The van der Waals surface area contributed by atoms with E-state index in [-0.39, 0.29) is 10.5 Å². The highest BCUT2D eigenvalue weighted by atomic mass is 79.9. The fourth-order valence-electron chi connectivity index (χ4n) is 1.76. The van der Waals surface area contributed by atoms with Gasteiger partial charge in [-0.1, -0.05) is 18.2 Å². The molecular formula is C14H12BrNO4S. The van der Waals surface area contributed by atoms with Gasteiger partial charge in [-0.25, -0.2) is 13.2 Å². The maximum Gasteiger partial charge on any atom is 0.335 e. The van der Waals surface area contributed by atoms with Crippen LogP contribution in [0.3, 0.4) is 0 Å². The molecule has 0 aliphatic carbocycles. The molecule has 5 nitrogen and oxygen atoms in total. The zero-order chi connectivity index (χ0) is 15.6. The SMILES string of the molecule is CN(c1ccccc1)S(=O)(=O)c1cc(C(=O)O)ccc1Br. The normalized spacial score (nSPS) is 11.1. The van der Waals surface area contributed by atoms with Gasteiger partial charge in [0.25, 0.3) is 10.0 Å². The number of carboxylic acid groups (broad SMARTS) is 1. The minimum atomic E-state index is -3.86. The average molecular weight is 370 g/mol. The Bertz CT molecular complexity index is 775. The molecule has 2 aromatic rings. The first-order valence-electron chi connectivity index (χ1n) is 5.91. The van der Waals surface area contributed by atoms with E-state index < -0.39 is 16.0 Å². The first kappa shape index (κ1) is 15.5. The van der Waals surface area contributed by atoms with Crippen LogP contribution in [-0.2, 0) is 10.0 Å². The molecule has 0 aliphatic heterocycles. The van der Waals surface area contributed by atoms with Gasteiger partial charge in [0, 0.05) is 11.5 Å². The number of anilines is 1. The minimum absolute atomic E-state index is 0.0850. The molecule has 0 atom stereocenters. The third-order valence-electron chi connectivity index (χ3n) is 2.94. The van der Waals surface area contributed by atoms with Crippen molar-refractivity contribution in [1.29, 1.82) is 0 Å². The number of hydrogen-bond acceptors (Lipinski definition) is 3. The largest absolute Gasteiger partial charge is 0.478 e. The summed E-state index contributed by atoms with van der Waals surface area (Å²) < 4.78 is 26.7. The van der Waals surface area contributed by atoms with Gasteiger partial charge in [0.1, 0.15) is 4.90 Å². The van der Waals surface area contributed by atoms with Gasteiger partial charge in [-0.3, -0.25) is 4.31 Å². The van der Waals surface area contributed by atoms with Gasteiger partial charge in [0.15, 0.2) is 0 Å². The Hall–Kier alpha value is -1.86. The van der Waals surface area contributed by atoms with Crippen LogP contribution in [0.25, 0.3) is 0 Å². The van der Waals surface area contributed by atoms with Crippen molar-refractivity contribution in [2.45, 2.75) is 4.90 Å². The molecule has 0 spiro atoms. The molecule has 1 N–H and O–H groups in total. The molecule has 0 heterocycles. The number of hydrogen-bond donors (Lipinski definition) is 1. The van der Waals surface area contributed by atoms with Crippen molar-refractivity contribution in [3.8, 4) is 0 Å². The van der Waals surface area contributed by atoms with Crippen molar-refractivity contribution in [1.82, 2.24) is 0 Å². The lowest BCUT2D eigenvalue weighted by Gasteiger charge is -2.20. The molecule has 0 unspecified atom stereocenters. The number of para-hydroxylation sites is 1. The fraction of sp³-hybridized carbons (Fsp3) is 0.0714. The number of sulfonamides is 1. The van der Waals surface area contributed by atoms with Crippen molar-refractivity contribution in [3.63, 3.8) is 0 Å². The number of benzene rings is 2. The van der Waals surface area contributed by atoms with Crippen molar-refractivity contribution in [2.24, 2.45) is 0 Å². The highest BCUT2D eigenvalue weighted by molar-refractivity contribution is 9.10. The molecule has 0 aliphatic rings. The summed E-state index contributed by atoms with van der Waals surface area (Å²) >= 11 is 3.16. The molecule has 2 rings (SSSR count). The maximum atomic E-state index is 12.6. The zero-order valence-corrected chi connectivity index (χ0v) is 13.4. The van der Waals surface area contributed by atoms with E-state index in [1.165, 1.54) is 19.2 Å². The summed E-state index contributed by atoms with van der Waals surface area (Å²) in [5.74, 6) is -1.18. The lowest BCUT2D eigenvalue weighted by molar-refractivity contribution is 0.0696. The smallest absolute Gasteiger partial charge is 0.335 e. The van der Waals surface area contributed by atoms with Crippen molar-refractivity contribution < 1.29 is 18.3 Å². The number of halogens is 1. The fourth-order valence-corrected chi connectivity index (χ4v) is 3.90. The number of carbonyl (C=O) groups is 1. The van der Waals surface area contributed by atoms with E-state index in [1.54, 1.807) is 30.3 Å². The molecular weight excluding hydrogens is 358 g/mol. The van der Waals surface area contributed by atoms with Gasteiger partial charge in [-0.05, 0) is 46.3 Å². The molecule has 0 saturated carbocycles. The van der Waals surface area contributed by atoms with Crippen LogP contribution in [-0.4, -0.2) is 26.5 Å². The number of nitrogens with zero attached hydrogens (tertiary/aromatic N) is 1. The van der Waals surface area contributed by atoms with E-state index >= 15 is 0 Å². The quantitative estimate of drug-likeness (QED) is 0.898. The topological polar surface area (TPSA) is 74.7 Å². The lowest BCUT2D eigenvalue weighted by atomic mass is 10.2. The van der Waals surface area contributed by atoms with Gasteiger partial charge in [-0.2, -0.15) is 0 Å². The van der Waals surface area contributed by atoms with Crippen molar-refractivity contribution in [3.05, 3.63) is 58.6 Å². The van der Waals surface area contributed by atoms with Gasteiger partial charge in [0.05, 0.1) is 11.3 Å². The van der Waals surface area contributed by atoms with Crippen molar-refractivity contribution in [2.75, 3.05) is 11.4 Å². The molecule has 110 valence electrons. The predicted molar refractivity (Wildman–Crippen MR) is 83.1 cm³/mol. The minimum Gasteiger partial charge on any atom is -0.478 e. The van der Waals surface area contributed by atoms with Gasteiger partial charge in [-0.15, -0.1) is 0 Å². The van der Waals surface area contributed by atoms with Gasteiger partial charge >= 0.3 is 5.97 Å². The molecule has 7 heteroatoms. The summed E-state index contributed by atoms with van der Waals surface area (Å²) in [7, 11) is -2.43. The molecule has 0 aromatic heterocycles. The lowest BCUT2D eigenvalue weighted by Crippen LogP contribution is -2.27. The standard InChI is InChI=1S/C14H12BrNO4S/c1-16(11-5-3-2-4-6-11)21(19,20)13-9-10(14(17)18)7-8-12(13)15/h2-9H,1H3,(H,17,18).